The Morgan fingerprint density at radius 1 is 1.44 bits per heavy atom. The van der Waals surface area contributed by atoms with E-state index in [1.165, 1.54) is 0 Å². The zero-order valence-electron chi connectivity index (χ0n) is 10.9. The molecule has 1 aliphatic heterocycles. The third-order valence-electron chi connectivity index (χ3n) is 4.05. The van der Waals surface area contributed by atoms with Crippen molar-refractivity contribution < 1.29 is 4.79 Å². The molecular formula is C13H24N2O. The third kappa shape index (κ3) is 1.86. The van der Waals surface area contributed by atoms with Gasteiger partial charge in [0.25, 0.3) is 0 Å². The molecule has 1 saturated carbocycles. The van der Waals surface area contributed by atoms with Crippen molar-refractivity contribution in [3.05, 3.63) is 0 Å². The van der Waals surface area contributed by atoms with Gasteiger partial charge in [0.2, 0.25) is 5.91 Å². The fourth-order valence-corrected chi connectivity index (χ4v) is 2.79. The first-order chi connectivity index (χ1) is 7.51. The molecular weight excluding hydrogens is 200 g/mol. The van der Waals surface area contributed by atoms with E-state index < -0.39 is 0 Å². The lowest BCUT2D eigenvalue weighted by Gasteiger charge is -2.25. The first kappa shape index (κ1) is 11.9. The van der Waals surface area contributed by atoms with Crippen LogP contribution in [-0.4, -0.2) is 29.1 Å². The van der Waals surface area contributed by atoms with Gasteiger partial charge in [-0.1, -0.05) is 34.1 Å². The molecule has 1 saturated heterocycles. The van der Waals surface area contributed by atoms with Crippen molar-refractivity contribution >= 4 is 5.91 Å². The van der Waals surface area contributed by atoms with Gasteiger partial charge < -0.3 is 4.90 Å². The lowest BCUT2D eigenvalue weighted by molar-refractivity contribution is -0.131. The molecule has 3 nitrogen and oxygen atoms in total. The molecule has 0 radical (unpaired) electrons. The monoisotopic (exact) mass is 224 g/mol. The fraction of sp³-hybridized carbons (Fsp3) is 0.923. The Morgan fingerprint density at radius 2 is 2.06 bits per heavy atom. The molecule has 0 bridgehead atoms. The van der Waals surface area contributed by atoms with Gasteiger partial charge in [-0.15, -0.1) is 0 Å². The Bertz CT molecular complexity index is 288. The first-order valence-corrected chi connectivity index (χ1v) is 6.59. The van der Waals surface area contributed by atoms with Crippen LogP contribution in [0.4, 0.5) is 0 Å². The van der Waals surface area contributed by atoms with Gasteiger partial charge in [0.15, 0.2) is 0 Å². The molecule has 2 fully saturated rings. The van der Waals surface area contributed by atoms with E-state index in [9.17, 15) is 4.79 Å². The average Bonchev–Trinajstić information content (AvgIpc) is 2.70. The van der Waals surface area contributed by atoms with Gasteiger partial charge in [0, 0.05) is 6.04 Å². The highest BCUT2D eigenvalue weighted by atomic mass is 16.2. The van der Waals surface area contributed by atoms with E-state index in [4.69, 9.17) is 0 Å². The number of amides is 1. The number of hydrogen-bond donors (Lipinski definition) is 1. The summed E-state index contributed by atoms with van der Waals surface area (Å²) in [4.78, 5) is 14.4. The molecule has 3 heteroatoms. The normalized spacial score (nSPS) is 36.9. The van der Waals surface area contributed by atoms with Crippen LogP contribution in [0.5, 0.6) is 0 Å². The summed E-state index contributed by atoms with van der Waals surface area (Å²) in [6, 6.07) is 0.536. The van der Waals surface area contributed by atoms with Crippen molar-refractivity contribution in [3.8, 4) is 0 Å². The minimum atomic E-state index is 0.0629. The highest BCUT2D eigenvalue weighted by Gasteiger charge is 2.55. The van der Waals surface area contributed by atoms with Crippen LogP contribution < -0.4 is 5.32 Å². The van der Waals surface area contributed by atoms with Crippen LogP contribution in [-0.2, 0) is 4.79 Å². The predicted octanol–water partition coefficient (Wildman–Crippen LogP) is 2.12. The Hall–Kier alpha value is -0.570. The maximum Gasteiger partial charge on any atom is 0.241 e. The number of carbonyl (C=O) groups excluding carboxylic acids is 1. The van der Waals surface area contributed by atoms with Crippen molar-refractivity contribution in [2.24, 2.45) is 5.41 Å². The minimum absolute atomic E-state index is 0.0629. The van der Waals surface area contributed by atoms with Gasteiger partial charge >= 0.3 is 0 Å². The van der Waals surface area contributed by atoms with E-state index >= 15 is 0 Å². The van der Waals surface area contributed by atoms with Crippen molar-refractivity contribution in [2.75, 3.05) is 0 Å². The van der Waals surface area contributed by atoms with Gasteiger partial charge in [-0.05, 0) is 24.7 Å². The van der Waals surface area contributed by atoms with Gasteiger partial charge in [-0.2, -0.15) is 0 Å². The molecule has 0 spiro atoms. The molecule has 1 aliphatic carbocycles. The summed E-state index contributed by atoms with van der Waals surface area (Å²) in [6.07, 6.45) is 4.56. The quantitative estimate of drug-likeness (QED) is 0.793. The van der Waals surface area contributed by atoms with Crippen molar-refractivity contribution in [1.82, 2.24) is 10.2 Å². The average molecular weight is 224 g/mol. The Morgan fingerprint density at radius 3 is 2.50 bits per heavy atom. The highest BCUT2D eigenvalue weighted by Crippen LogP contribution is 2.50. The van der Waals surface area contributed by atoms with E-state index in [1.54, 1.807) is 0 Å². The number of hydrogen-bond acceptors (Lipinski definition) is 2. The summed E-state index contributed by atoms with van der Waals surface area (Å²) in [5.41, 5.74) is 0.339. The topological polar surface area (TPSA) is 32.3 Å². The summed E-state index contributed by atoms with van der Waals surface area (Å²) >= 11 is 0. The zero-order chi connectivity index (χ0) is 11.9. The fourth-order valence-electron chi connectivity index (χ4n) is 2.79. The van der Waals surface area contributed by atoms with Gasteiger partial charge in [-0.3, -0.25) is 10.1 Å². The van der Waals surface area contributed by atoms with E-state index in [0.717, 1.165) is 25.7 Å². The molecule has 2 aliphatic rings. The summed E-state index contributed by atoms with van der Waals surface area (Å²) in [5.74, 6) is 0.330. The second-order valence-electron chi connectivity index (χ2n) is 5.89. The number of rotatable bonds is 4. The molecule has 3 atom stereocenters. The Balaban J connectivity index is 2.10. The second kappa shape index (κ2) is 4.02. The van der Waals surface area contributed by atoms with Crippen LogP contribution in [0, 0.1) is 5.41 Å². The second-order valence-corrected chi connectivity index (χ2v) is 5.89. The van der Waals surface area contributed by atoms with Crippen LogP contribution in [0.3, 0.4) is 0 Å². The van der Waals surface area contributed by atoms with Crippen molar-refractivity contribution in [2.45, 2.75) is 71.6 Å². The molecule has 2 rings (SSSR count). The third-order valence-corrected chi connectivity index (χ3v) is 4.05. The van der Waals surface area contributed by atoms with Crippen LogP contribution in [0.15, 0.2) is 0 Å². The minimum Gasteiger partial charge on any atom is -0.322 e. The van der Waals surface area contributed by atoms with Crippen LogP contribution in [0.2, 0.25) is 0 Å². The Kier molecular flexibility index (Phi) is 2.99. The van der Waals surface area contributed by atoms with E-state index in [2.05, 4.69) is 37.9 Å². The molecule has 92 valence electrons. The lowest BCUT2D eigenvalue weighted by atomic mass is 10.1. The van der Waals surface area contributed by atoms with Gasteiger partial charge in [0.1, 0.15) is 0 Å². The SMILES string of the molecule is CCCC1NC(CC)C(=O)N1C1CC1(C)C. The molecule has 16 heavy (non-hydrogen) atoms. The maximum atomic E-state index is 12.3. The predicted molar refractivity (Wildman–Crippen MR) is 64.9 cm³/mol. The standard InChI is InChI=1S/C13H24N2O/c1-5-7-11-14-9(6-2)12(16)15(11)10-8-13(10,3)4/h9-11,14H,5-8H2,1-4H3. The van der Waals surface area contributed by atoms with Crippen LogP contribution in [0.1, 0.15) is 53.4 Å². The summed E-state index contributed by atoms with van der Waals surface area (Å²) in [7, 11) is 0. The number of carbonyl (C=O) groups is 1. The van der Waals surface area contributed by atoms with Crippen LogP contribution in [0.25, 0.3) is 0 Å². The Labute approximate surface area is 98.6 Å². The van der Waals surface area contributed by atoms with Gasteiger partial charge in [0.05, 0.1) is 12.2 Å². The molecule has 0 aromatic rings. The van der Waals surface area contributed by atoms with E-state index in [-0.39, 0.29) is 12.2 Å². The molecule has 0 aromatic carbocycles. The molecule has 3 unspecified atom stereocenters. The largest absolute Gasteiger partial charge is 0.322 e. The molecule has 1 heterocycles. The number of nitrogens with one attached hydrogen (secondary N) is 1. The number of nitrogens with zero attached hydrogens (tertiary/aromatic N) is 1. The summed E-state index contributed by atoms with van der Waals surface area (Å²) in [5, 5.41) is 3.48. The van der Waals surface area contributed by atoms with Crippen molar-refractivity contribution in [3.63, 3.8) is 0 Å². The summed E-state index contributed by atoms with van der Waals surface area (Å²) < 4.78 is 0. The lowest BCUT2D eigenvalue weighted by Crippen LogP contribution is -2.40. The summed E-state index contributed by atoms with van der Waals surface area (Å²) in [6.45, 7) is 8.78. The van der Waals surface area contributed by atoms with E-state index in [0.29, 0.717) is 17.4 Å². The van der Waals surface area contributed by atoms with Crippen LogP contribution >= 0.6 is 0 Å². The molecule has 1 N–H and O–H groups in total. The first-order valence-electron chi connectivity index (χ1n) is 6.59. The highest BCUT2D eigenvalue weighted by molar-refractivity contribution is 5.85. The zero-order valence-corrected chi connectivity index (χ0v) is 10.9. The van der Waals surface area contributed by atoms with E-state index in [1.807, 2.05) is 0 Å². The smallest absolute Gasteiger partial charge is 0.241 e. The molecule has 1 amide bonds. The van der Waals surface area contributed by atoms with Gasteiger partial charge in [-0.25, -0.2) is 0 Å². The maximum absolute atomic E-state index is 12.3. The molecule has 0 aromatic heterocycles. The van der Waals surface area contributed by atoms with Crippen molar-refractivity contribution in [1.29, 1.82) is 0 Å².